The molecular formula is C62H124N2O6P+. The molecule has 8 nitrogen and oxygen atoms in total. The monoisotopic (exact) mass is 1020 g/mol. The van der Waals surface area contributed by atoms with Gasteiger partial charge in [0.05, 0.1) is 39.9 Å². The Balaban J connectivity index is 4.09. The molecule has 71 heavy (non-hydrogen) atoms. The first kappa shape index (κ1) is 70.0. The minimum absolute atomic E-state index is 0.0768. The number of aliphatic hydroxyl groups excluding tert-OH is 1. The highest BCUT2D eigenvalue weighted by Gasteiger charge is 2.28. The lowest BCUT2D eigenvalue weighted by Crippen LogP contribution is -2.46. The van der Waals surface area contributed by atoms with Crippen molar-refractivity contribution < 1.29 is 32.9 Å². The van der Waals surface area contributed by atoms with Crippen LogP contribution in [-0.4, -0.2) is 73.4 Å². The molecule has 0 fully saturated rings. The van der Waals surface area contributed by atoms with Gasteiger partial charge in [-0.2, -0.15) is 0 Å². The highest BCUT2D eigenvalue weighted by Crippen LogP contribution is 2.43. The minimum atomic E-state index is -4.32. The molecule has 422 valence electrons. The molecule has 1 amide bonds. The Morgan fingerprint density at radius 2 is 0.803 bits per heavy atom. The number of allylic oxidation sites excluding steroid dienone is 4. The molecule has 0 saturated carbocycles. The summed E-state index contributed by atoms with van der Waals surface area (Å²) in [4.78, 5) is 23.4. The Morgan fingerprint density at radius 3 is 1.15 bits per heavy atom. The Hall–Kier alpha value is -1.02. The third-order valence-corrected chi connectivity index (χ3v) is 15.4. The average molecular weight is 1020 g/mol. The van der Waals surface area contributed by atoms with Crippen LogP contribution in [0.15, 0.2) is 24.3 Å². The van der Waals surface area contributed by atoms with Crippen molar-refractivity contribution in [1.82, 2.24) is 5.32 Å². The lowest BCUT2D eigenvalue weighted by Gasteiger charge is -2.26. The Bertz CT molecular complexity index is 1210. The lowest BCUT2D eigenvalue weighted by atomic mass is 10.0. The molecule has 0 spiro atoms. The van der Waals surface area contributed by atoms with Crippen LogP contribution in [0.5, 0.6) is 0 Å². The van der Waals surface area contributed by atoms with Crippen molar-refractivity contribution in [2.24, 2.45) is 0 Å². The lowest BCUT2D eigenvalue weighted by molar-refractivity contribution is -0.870. The topological polar surface area (TPSA) is 105 Å². The Morgan fingerprint density at radius 1 is 0.479 bits per heavy atom. The standard InChI is InChI=1S/C62H123N2O6P/c1-6-8-10-12-14-16-18-20-22-24-26-28-30-31-32-33-34-36-38-40-42-44-46-48-50-52-54-56-62(66)63-60(59-70-71(67,68)69-58-57-64(3,4)5)61(65)55-53-51-49-47-45-43-41-39-37-35-29-27-25-23-21-19-17-15-13-11-9-7-2/h18,20,24,26,60-61,65H,6-17,19,21-23,25,27-59H2,1-5H3,(H-,63,66,67,68)/p+1/b20-18-,26-24-. The number of rotatable bonds is 58. The average Bonchev–Trinajstić information content (AvgIpc) is 3.33. The summed E-state index contributed by atoms with van der Waals surface area (Å²) in [6.45, 7) is 4.93. The quantitative estimate of drug-likeness (QED) is 0.0243. The van der Waals surface area contributed by atoms with Gasteiger partial charge >= 0.3 is 7.82 Å². The van der Waals surface area contributed by atoms with Gasteiger partial charge in [0.2, 0.25) is 5.91 Å². The molecule has 0 aromatic heterocycles. The van der Waals surface area contributed by atoms with Crippen LogP contribution in [0.4, 0.5) is 0 Å². The van der Waals surface area contributed by atoms with Crippen molar-refractivity contribution in [2.75, 3.05) is 40.9 Å². The fourth-order valence-corrected chi connectivity index (χ4v) is 10.3. The van der Waals surface area contributed by atoms with E-state index in [1.54, 1.807) is 0 Å². The van der Waals surface area contributed by atoms with E-state index in [0.717, 1.165) is 44.9 Å². The molecule has 0 aromatic carbocycles. The van der Waals surface area contributed by atoms with Crippen LogP contribution >= 0.6 is 7.82 Å². The summed E-state index contributed by atoms with van der Waals surface area (Å²) in [6.07, 6.45) is 68.1. The van der Waals surface area contributed by atoms with Crippen molar-refractivity contribution in [1.29, 1.82) is 0 Å². The van der Waals surface area contributed by atoms with Gasteiger partial charge in [0.25, 0.3) is 0 Å². The molecule has 0 rings (SSSR count). The van der Waals surface area contributed by atoms with Crippen molar-refractivity contribution in [3.05, 3.63) is 24.3 Å². The number of likely N-dealkylation sites (N-methyl/N-ethyl adjacent to an activating group) is 1. The van der Waals surface area contributed by atoms with E-state index in [1.165, 1.54) is 244 Å². The van der Waals surface area contributed by atoms with Crippen LogP contribution < -0.4 is 5.32 Å². The normalized spacial score (nSPS) is 14.0. The maximum absolute atomic E-state index is 13.0. The van der Waals surface area contributed by atoms with Crippen LogP contribution in [0, 0.1) is 0 Å². The summed E-state index contributed by atoms with van der Waals surface area (Å²) < 4.78 is 23.8. The molecule has 0 aliphatic carbocycles. The molecule has 9 heteroatoms. The zero-order valence-electron chi connectivity index (χ0n) is 48.2. The molecule has 0 bridgehead atoms. The number of phosphoric acid groups is 1. The van der Waals surface area contributed by atoms with Crippen LogP contribution in [0.2, 0.25) is 0 Å². The van der Waals surface area contributed by atoms with Gasteiger partial charge in [-0.05, 0) is 44.9 Å². The fourth-order valence-electron chi connectivity index (χ4n) is 9.55. The molecule has 3 atom stereocenters. The second kappa shape index (κ2) is 53.8. The van der Waals surface area contributed by atoms with E-state index in [1.807, 2.05) is 21.1 Å². The van der Waals surface area contributed by atoms with E-state index in [2.05, 4.69) is 43.5 Å². The van der Waals surface area contributed by atoms with Crippen molar-refractivity contribution in [3.63, 3.8) is 0 Å². The highest BCUT2D eigenvalue weighted by molar-refractivity contribution is 7.47. The van der Waals surface area contributed by atoms with Crippen LogP contribution in [0.3, 0.4) is 0 Å². The van der Waals surface area contributed by atoms with Crippen LogP contribution in [0.1, 0.15) is 316 Å². The zero-order chi connectivity index (χ0) is 52.0. The molecule has 0 aliphatic heterocycles. The van der Waals surface area contributed by atoms with Crippen molar-refractivity contribution in [3.8, 4) is 0 Å². The molecule has 0 saturated heterocycles. The minimum Gasteiger partial charge on any atom is -0.391 e. The van der Waals surface area contributed by atoms with E-state index < -0.39 is 20.0 Å². The second-order valence-corrected chi connectivity index (χ2v) is 24.2. The molecule has 0 radical (unpaired) electrons. The van der Waals surface area contributed by atoms with Gasteiger partial charge in [-0.15, -0.1) is 0 Å². The number of quaternary nitrogens is 1. The van der Waals surface area contributed by atoms with Crippen LogP contribution in [0.25, 0.3) is 0 Å². The smallest absolute Gasteiger partial charge is 0.391 e. The first-order chi connectivity index (χ1) is 34.5. The second-order valence-electron chi connectivity index (χ2n) is 22.8. The van der Waals surface area contributed by atoms with E-state index >= 15 is 0 Å². The maximum Gasteiger partial charge on any atom is 0.472 e. The van der Waals surface area contributed by atoms with Crippen LogP contribution in [-0.2, 0) is 18.4 Å². The van der Waals surface area contributed by atoms with Gasteiger partial charge in [-0.25, -0.2) is 4.57 Å². The summed E-state index contributed by atoms with van der Waals surface area (Å²) in [5, 5.41) is 14.1. The van der Waals surface area contributed by atoms with Gasteiger partial charge in [0.15, 0.2) is 0 Å². The molecule has 3 N–H and O–H groups in total. The van der Waals surface area contributed by atoms with Gasteiger partial charge < -0.3 is 19.8 Å². The van der Waals surface area contributed by atoms with E-state index in [4.69, 9.17) is 9.05 Å². The van der Waals surface area contributed by atoms with E-state index in [-0.39, 0.29) is 19.1 Å². The Labute approximate surface area is 443 Å². The zero-order valence-corrected chi connectivity index (χ0v) is 49.1. The molecule has 0 aromatic rings. The number of nitrogens with one attached hydrogen (secondary N) is 1. The first-order valence-electron chi connectivity index (χ1n) is 31.2. The summed E-state index contributed by atoms with van der Waals surface area (Å²) in [7, 11) is 1.63. The predicted molar refractivity (Wildman–Crippen MR) is 309 cm³/mol. The van der Waals surface area contributed by atoms with E-state index in [9.17, 15) is 19.4 Å². The largest absolute Gasteiger partial charge is 0.472 e. The van der Waals surface area contributed by atoms with Gasteiger partial charge in [0, 0.05) is 6.42 Å². The number of unbranched alkanes of at least 4 members (excludes halogenated alkanes) is 41. The van der Waals surface area contributed by atoms with Gasteiger partial charge in [0.1, 0.15) is 13.2 Å². The summed E-state index contributed by atoms with van der Waals surface area (Å²) in [5.41, 5.74) is 0. The number of amides is 1. The third-order valence-electron chi connectivity index (χ3n) is 14.5. The number of nitrogens with zero attached hydrogens (tertiary/aromatic N) is 1. The molecule has 0 heterocycles. The number of carbonyl (C=O) groups excluding carboxylic acids is 1. The molecule has 3 unspecified atom stereocenters. The SMILES string of the molecule is CCCCCCC/C=C\C/C=C\CCCCCCCCCCCCCCCCCC(=O)NC(COP(=O)(O)OCC[N+](C)(C)C)C(O)CCCCCCCCCCCCCCCCCCCCCCCC. The predicted octanol–water partition coefficient (Wildman–Crippen LogP) is 19.2. The fraction of sp³-hybridized carbons (Fsp3) is 0.919. The summed E-state index contributed by atoms with van der Waals surface area (Å²) in [5.74, 6) is -0.139. The molecular weight excluding hydrogens is 900 g/mol. The number of aliphatic hydroxyl groups is 1. The van der Waals surface area contributed by atoms with Crippen molar-refractivity contribution >= 4 is 13.7 Å². The number of carbonyl (C=O) groups is 1. The third kappa shape index (κ3) is 56.5. The van der Waals surface area contributed by atoms with E-state index in [0.29, 0.717) is 23.9 Å². The summed E-state index contributed by atoms with van der Waals surface area (Å²) in [6, 6.07) is -0.760. The highest BCUT2D eigenvalue weighted by atomic mass is 31.2. The number of hydrogen-bond donors (Lipinski definition) is 3. The maximum atomic E-state index is 13.0. The number of phosphoric ester groups is 1. The number of hydrogen-bond acceptors (Lipinski definition) is 5. The van der Waals surface area contributed by atoms with Crippen molar-refractivity contribution in [2.45, 2.75) is 328 Å². The van der Waals surface area contributed by atoms with Gasteiger partial charge in [-0.1, -0.05) is 289 Å². The summed E-state index contributed by atoms with van der Waals surface area (Å²) >= 11 is 0. The Kier molecular flexibility index (Phi) is 53.0. The van der Waals surface area contributed by atoms with Gasteiger partial charge in [-0.3, -0.25) is 13.8 Å². The first-order valence-corrected chi connectivity index (χ1v) is 32.7. The molecule has 0 aliphatic rings.